The second kappa shape index (κ2) is 6.74. The highest BCUT2D eigenvalue weighted by Crippen LogP contribution is 2.33. The van der Waals surface area contributed by atoms with E-state index in [0.29, 0.717) is 0 Å². The van der Waals surface area contributed by atoms with E-state index in [9.17, 15) is 23.2 Å². The van der Waals surface area contributed by atoms with E-state index in [1.54, 1.807) is 0 Å². The summed E-state index contributed by atoms with van der Waals surface area (Å²) in [6.07, 6.45) is 1.04. The summed E-state index contributed by atoms with van der Waals surface area (Å²) in [5.74, 6) is -2.51. The molecule has 3 N–H and O–H groups in total. The van der Waals surface area contributed by atoms with E-state index < -0.39 is 30.0 Å². The number of rotatable bonds is 5. The molecule has 24 heavy (non-hydrogen) atoms. The maximum absolute atomic E-state index is 12.8. The molecule has 0 atom stereocenters. The first-order valence-corrected chi connectivity index (χ1v) is 7.24. The summed E-state index contributed by atoms with van der Waals surface area (Å²) in [6.45, 7) is -1.55. The van der Waals surface area contributed by atoms with E-state index in [-0.39, 0.29) is 25.7 Å². The Morgan fingerprint density at radius 2 is 2.08 bits per heavy atom. The quantitative estimate of drug-likeness (QED) is 0.791. The van der Waals surface area contributed by atoms with Gasteiger partial charge in [-0.05, 0) is 18.6 Å². The lowest BCUT2D eigenvalue weighted by atomic mass is 10.1. The topological polar surface area (TPSA) is 116 Å². The molecule has 0 aromatic carbocycles. The van der Waals surface area contributed by atoms with E-state index in [2.05, 4.69) is 15.2 Å². The number of methoxy groups -OCH3 is 1. The number of primary amides is 1. The first-order chi connectivity index (χ1) is 11.3. The van der Waals surface area contributed by atoms with Crippen molar-refractivity contribution < 1.29 is 27.9 Å². The summed E-state index contributed by atoms with van der Waals surface area (Å²) in [5.41, 5.74) is 4.98. The standard InChI is InChI=1S/C13H12F2N4O4S/c1-5-7(12(22)23-2)11(24-8(5)9(16)20)18-10(21)6-3-4-17-19(6)13(14)15/h3-4,13H,1-2H3,(H2,16,20)(H,18,21). The first kappa shape index (κ1) is 17.5. The van der Waals surface area contributed by atoms with Crippen LogP contribution >= 0.6 is 11.3 Å². The molecule has 2 aromatic heterocycles. The van der Waals surface area contributed by atoms with Crippen molar-refractivity contribution in [2.45, 2.75) is 13.5 Å². The van der Waals surface area contributed by atoms with E-state index >= 15 is 0 Å². The van der Waals surface area contributed by atoms with Crippen molar-refractivity contribution >= 4 is 34.1 Å². The number of anilines is 1. The smallest absolute Gasteiger partial charge is 0.341 e. The fraction of sp³-hybridized carbons (Fsp3) is 0.231. The minimum Gasteiger partial charge on any atom is -0.465 e. The van der Waals surface area contributed by atoms with Crippen molar-refractivity contribution in [1.29, 1.82) is 0 Å². The molecule has 0 unspecified atom stereocenters. The molecule has 0 spiro atoms. The maximum atomic E-state index is 12.8. The second-order valence-electron chi connectivity index (χ2n) is 4.51. The van der Waals surface area contributed by atoms with Gasteiger partial charge in [-0.1, -0.05) is 0 Å². The number of ether oxygens (including phenoxy) is 1. The number of carbonyl (C=O) groups is 3. The van der Waals surface area contributed by atoms with Gasteiger partial charge in [0.05, 0.1) is 17.6 Å². The lowest BCUT2D eigenvalue weighted by Gasteiger charge is -2.08. The van der Waals surface area contributed by atoms with Crippen molar-refractivity contribution in [3.05, 3.63) is 34.0 Å². The Morgan fingerprint density at radius 3 is 2.62 bits per heavy atom. The summed E-state index contributed by atoms with van der Waals surface area (Å²) < 4.78 is 30.4. The molecule has 0 bridgehead atoms. The van der Waals surface area contributed by atoms with Crippen LogP contribution in [0.25, 0.3) is 0 Å². The van der Waals surface area contributed by atoms with Gasteiger partial charge >= 0.3 is 12.5 Å². The number of nitrogens with one attached hydrogen (secondary N) is 1. The van der Waals surface area contributed by atoms with Crippen LogP contribution in [0.4, 0.5) is 13.8 Å². The van der Waals surface area contributed by atoms with Gasteiger partial charge in [0.25, 0.3) is 11.8 Å². The number of hydrogen-bond donors (Lipinski definition) is 2. The normalized spacial score (nSPS) is 10.7. The van der Waals surface area contributed by atoms with E-state index in [0.717, 1.165) is 30.7 Å². The Kier molecular flexibility index (Phi) is 4.93. The van der Waals surface area contributed by atoms with E-state index in [4.69, 9.17) is 5.73 Å². The summed E-state index contributed by atoms with van der Waals surface area (Å²) in [7, 11) is 1.13. The fourth-order valence-electron chi connectivity index (χ4n) is 2.00. The van der Waals surface area contributed by atoms with Crippen LogP contribution in [0.3, 0.4) is 0 Å². The lowest BCUT2D eigenvalue weighted by molar-refractivity contribution is 0.0520. The van der Waals surface area contributed by atoms with Crippen molar-refractivity contribution in [3.8, 4) is 0 Å². The fourth-order valence-corrected chi connectivity index (χ4v) is 3.04. The maximum Gasteiger partial charge on any atom is 0.341 e. The Bertz CT molecular complexity index is 815. The molecule has 128 valence electrons. The molecule has 0 saturated carbocycles. The first-order valence-electron chi connectivity index (χ1n) is 6.42. The number of hydrogen-bond acceptors (Lipinski definition) is 6. The number of nitrogens with zero attached hydrogens (tertiary/aromatic N) is 2. The lowest BCUT2D eigenvalue weighted by Crippen LogP contribution is -2.19. The summed E-state index contributed by atoms with van der Waals surface area (Å²) in [5, 5.41) is 5.64. The SMILES string of the molecule is COC(=O)c1c(NC(=O)c2ccnn2C(F)F)sc(C(N)=O)c1C. The number of alkyl halides is 2. The molecule has 2 heterocycles. The largest absolute Gasteiger partial charge is 0.465 e. The highest BCUT2D eigenvalue weighted by molar-refractivity contribution is 7.18. The third kappa shape index (κ3) is 3.11. The minimum absolute atomic E-state index is 0.0276. The average molecular weight is 358 g/mol. The summed E-state index contributed by atoms with van der Waals surface area (Å²) in [6, 6.07) is 1.09. The van der Waals surface area contributed by atoms with Gasteiger partial charge in [0.2, 0.25) is 0 Å². The molecule has 0 fully saturated rings. The van der Waals surface area contributed by atoms with Gasteiger partial charge in [-0.3, -0.25) is 9.59 Å². The van der Waals surface area contributed by atoms with Gasteiger partial charge in [0, 0.05) is 6.20 Å². The minimum atomic E-state index is -3.01. The molecule has 2 aromatic rings. The zero-order valence-corrected chi connectivity index (χ0v) is 13.3. The van der Waals surface area contributed by atoms with Crippen LogP contribution in [-0.4, -0.2) is 34.7 Å². The third-order valence-corrected chi connectivity index (χ3v) is 4.30. The van der Waals surface area contributed by atoms with Gasteiger partial charge < -0.3 is 15.8 Å². The predicted molar refractivity (Wildman–Crippen MR) is 80.3 cm³/mol. The van der Waals surface area contributed by atoms with Crippen LogP contribution in [0.2, 0.25) is 0 Å². The van der Waals surface area contributed by atoms with Crippen LogP contribution in [0.1, 0.15) is 42.6 Å². The van der Waals surface area contributed by atoms with Crippen molar-refractivity contribution in [2.24, 2.45) is 5.73 Å². The van der Waals surface area contributed by atoms with Gasteiger partial charge in [-0.25, -0.2) is 4.79 Å². The Labute approximate surface area is 138 Å². The molecular formula is C13H12F2N4O4S. The molecule has 0 aliphatic carbocycles. The van der Waals surface area contributed by atoms with Crippen LogP contribution in [-0.2, 0) is 4.74 Å². The Morgan fingerprint density at radius 1 is 1.42 bits per heavy atom. The van der Waals surface area contributed by atoms with Crippen molar-refractivity contribution in [1.82, 2.24) is 9.78 Å². The van der Waals surface area contributed by atoms with Gasteiger partial charge in [-0.2, -0.15) is 18.6 Å². The molecule has 2 rings (SSSR count). The molecule has 2 amide bonds. The van der Waals surface area contributed by atoms with E-state index in [1.165, 1.54) is 6.92 Å². The van der Waals surface area contributed by atoms with Crippen molar-refractivity contribution in [2.75, 3.05) is 12.4 Å². The monoisotopic (exact) mass is 358 g/mol. The number of carbonyl (C=O) groups excluding carboxylic acids is 3. The summed E-state index contributed by atoms with van der Waals surface area (Å²) in [4.78, 5) is 35.5. The molecule has 11 heteroatoms. The number of aromatic nitrogens is 2. The zero-order valence-electron chi connectivity index (χ0n) is 12.5. The van der Waals surface area contributed by atoms with Crippen LogP contribution in [0, 0.1) is 6.92 Å². The van der Waals surface area contributed by atoms with Gasteiger partial charge in [-0.15, -0.1) is 11.3 Å². The molecular weight excluding hydrogens is 346 g/mol. The van der Waals surface area contributed by atoms with E-state index in [1.807, 2.05) is 0 Å². The highest BCUT2D eigenvalue weighted by Gasteiger charge is 2.27. The molecule has 0 radical (unpaired) electrons. The predicted octanol–water partition coefficient (Wildman–Crippen LogP) is 1.79. The number of thiophene rings is 1. The number of halogens is 2. The van der Waals surface area contributed by atoms with Crippen molar-refractivity contribution in [3.63, 3.8) is 0 Å². The molecule has 8 nitrogen and oxygen atoms in total. The molecule has 0 aliphatic heterocycles. The van der Waals surface area contributed by atoms with Crippen LogP contribution in [0.15, 0.2) is 12.3 Å². The van der Waals surface area contributed by atoms with Crippen LogP contribution < -0.4 is 11.1 Å². The highest BCUT2D eigenvalue weighted by atomic mass is 32.1. The second-order valence-corrected chi connectivity index (χ2v) is 5.53. The Balaban J connectivity index is 2.43. The molecule has 0 saturated heterocycles. The van der Waals surface area contributed by atoms with Gasteiger partial charge in [0.1, 0.15) is 10.7 Å². The summed E-state index contributed by atoms with van der Waals surface area (Å²) >= 11 is 0.753. The number of esters is 1. The molecule has 0 aliphatic rings. The average Bonchev–Trinajstić information content (AvgIpc) is 3.11. The zero-order chi connectivity index (χ0) is 18.0. The third-order valence-electron chi connectivity index (χ3n) is 3.07. The van der Waals surface area contributed by atoms with Gasteiger partial charge in [0.15, 0.2) is 0 Å². The van der Waals surface area contributed by atoms with Crippen LogP contribution in [0.5, 0.6) is 0 Å². The number of amides is 2. The Hall–Kier alpha value is -2.82. The number of nitrogens with two attached hydrogens (primary N) is 1.